The summed E-state index contributed by atoms with van der Waals surface area (Å²) in [5.74, 6) is -1.77. The summed E-state index contributed by atoms with van der Waals surface area (Å²) < 4.78 is 15.3. The van der Waals surface area contributed by atoms with Gasteiger partial charge in [-0.3, -0.25) is 19.7 Å². The van der Waals surface area contributed by atoms with Crippen LogP contribution in [-0.2, 0) is 19.1 Å². The molecule has 1 aromatic heterocycles. The summed E-state index contributed by atoms with van der Waals surface area (Å²) in [6.07, 6.45) is 0.719. The molecule has 0 aliphatic heterocycles. The number of nitrogens with one attached hydrogen (secondary N) is 1. The van der Waals surface area contributed by atoms with Crippen molar-refractivity contribution in [3.8, 4) is 0 Å². The van der Waals surface area contributed by atoms with Gasteiger partial charge >= 0.3 is 11.9 Å². The number of Topliss-reactive ketones (excluding diaryl/α,β-unsaturated/α-hetero) is 1. The van der Waals surface area contributed by atoms with Crippen molar-refractivity contribution in [1.29, 1.82) is 0 Å². The van der Waals surface area contributed by atoms with Crippen molar-refractivity contribution < 1.29 is 33.1 Å². The summed E-state index contributed by atoms with van der Waals surface area (Å²) in [7, 11) is 0. The van der Waals surface area contributed by atoms with Gasteiger partial charge in [0.25, 0.3) is 5.91 Å². The number of anilines is 1. The summed E-state index contributed by atoms with van der Waals surface area (Å²) in [4.78, 5) is 49.2. The topological polar surface area (TPSA) is 112 Å². The first-order valence-corrected chi connectivity index (χ1v) is 11.2. The fourth-order valence-electron chi connectivity index (χ4n) is 2.77. The van der Waals surface area contributed by atoms with Crippen LogP contribution in [0.5, 0.6) is 0 Å². The highest BCUT2D eigenvalue weighted by molar-refractivity contribution is 7.99. The zero-order valence-corrected chi connectivity index (χ0v) is 19.6. The van der Waals surface area contributed by atoms with Gasteiger partial charge < -0.3 is 13.9 Å². The van der Waals surface area contributed by atoms with Gasteiger partial charge in [0.05, 0.1) is 12.2 Å². The lowest BCUT2D eigenvalue weighted by Crippen LogP contribution is -2.22. The number of furan rings is 1. The van der Waals surface area contributed by atoms with Crippen molar-refractivity contribution in [3.05, 3.63) is 46.2 Å². The molecule has 0 bridgehead atoms. The van der Waals surface area contributed by atoms with Crippen molar-refractivity contribution in [2.24, 2.45) is 0 Å². The van der Waals surface area contributed by atoms with Crippen LogP contribution in [0.1, 0.15) is 53.2 Å². The fourth-order valence-corrected chi connectivity index (χ4v) is 3.75. The zero-order valence-electron chi connectivity index (χ0n) is 18.0. The summed E-state index contributed by atoms with van der Waals surface area (Å²) in [6.45, 7) is 3.92. The maximum atomic E-state index is 12.2. The van der Waals surface area contributed by atoms with Crippen LogP contribution in [0.2, 0.25) is 5.02 Å². The molecule has 0 saturated carbocycles. The Morgan fingerprint density at radius 1 is 1.09 bits per heavy atom. The van der Waals surface area contributed by atoms with Gasteiger partial charge in [0.1, 0.15) is 11.3 Å². The number of hydrogen-bond acceptors (Lipinski definition) is 8. The van der Waals surface area contributed by atoms with Gasteiger partial charge in [-0.05, 0) is 57.2 Å². The molecule has 1 heterocycles. The molecule has 0 radical (unpaired) electrons. The van der Waals surface area contributed by atoms with Gasteiger partial charge in [-0.15, -0.1) is 11.8 Å². The van der Waals surface area contributed by atoms with Gasteiger partial charge in [-0.1, -0.05) is 11.6 Å². The number of ketones is 1. The highest BCUT2D eigenvalue weighted by atomic mass is 35.5. The summed E-state index contributed by atoms with van der Waals surface area (Å²) >= 11 is 7.42. The van der Waals surface area contributed by atoms with E-state index in [0.717, 1.165) is 4.90 Å². The first-order chi connectivity index (χ1) is 15.2. The number of hydrogen-bond donors (Lipinski definition) is 1. The molecule has 0 atom stereocenters. The van der Waals surface area contributed by atoms with Crippen LogP contribution in [0.25, 0.3) is 0 Å². The number of aryl methyl sites for hydroxylation is 1. The maximum absolute atomic E-state index is 12.2. The van der Waals surface area contributed by atoms with Crippen molar-refractivity contribution in [2.45, 2.75) is 38.5 Å². The molecule has 0 aliphatic rings. The van der Waals surface area contributed by atoms with Gasteiger partial charge in [0.15, 0.2) is 12.4 Å². The van der Waals surface area contributed by atoms with Crippen LogP contribution in [0.3, 0.4) is 0 Å². The second-order valence-electron chi connectivity index (χ2n) is 6.63. The summed E-state index contributed by atoms with van der Waals surface area (Å²) in [5.41, 5.74) is -0.121. The second kappa shape index (κ2) is 12.3. The minimum atomic E-state index is -0.792. The molecule has 2 aromatic rings. The number of carbonyl (C=O) groups excluding carboxylic acids is 4. The molecule has 10 heteroatoms. The summed E-state index contributed by atoms with van der Waals surface area (Å²) in [5, 5.41) is 3.02. The van der Waals surface area contributed by atoms with E-state index in [2.05, 4.69) is 5.32 Å². The number of carbonyl (C=O) groups is 4. The quantitative estimate of drug-likeness (QED) is 0.213. The molecule has 2 rings (SSSR count). The van der Waals surface area contributed by atoms with E-state index in [-0.39, 0.29) is 35.8 Å². The Bertz CT molecular complexity index is 985. The van der Waals surface area contributed by atoms with E-state index in [4.69, 9.17) is 25.5 Å². The molecule has 1 aromatic carbocycles. The zero-order chi connectivity index (χ0) is 23.7. The third-order valence-corrected chi connectivity index (χ3v) is 5.49. The van der Waals surface area contributed by atoms with E-state index in [1.807, 2.05) is 12.1 Å². The highest BCUT2D eigenvalue weighted by Gasteiger charge is 2.28. The molecule has 0 saturated heterocycles. The minimum Gasteiger partial charge on any atom is -0.462 e. The van der Waals surface area contributed by atoms with Crippen molar-refractivity contribution in [2.75, 3.05) is 24.3 Å². The monoisotopic (exact) mass is 481 g/mol. The molecule has 0 spiro atoms. The Hall–Kier alpha value is -2.78. The van der Waals surface area contributed by atoms with Crippen LogP contribution >= 0.6 is 23.4 Å². The molecular weight excluding hydrogens is 458 g/mol. The number of ether oxygens (including phenoxy) is 2. The maximum Gasteiger partial charge on any atom is 0.344 e. The van der Waals surface area contributed by atoms with E-state index < -0.39 is 30.2 Å². The first kappa shape index (κ1) is 25.5. The predicted octanol–water partition coefficient (Wildman–Crippen LogP) is 4.67. The number of thioether (sulfide) groups is 1. The predicted molar refractivity (Wildman–Crippen MR) is 120 cm³/mol. The largest absolute Gasteiger partial charge is 0.462 e. The Balaban J connectivity index is 1.83. The molecule has 1 amide bonds. The molecule has 0 fully saturated rings. The average molecular weight is 482 g/mol. The van der Waals surface area contributed by atoms with Crippen molar-refractivity contribution in [1.82, 2.24) is 0 Å². The smallest absolute Gasteiger partial charge is 0.344 e. The van der Waals surface area contributed by atoms with E-state index in [1.54, 1.807) is 30.8 Å². The van der Waals surface area contributed by atoms with Crippen LogP contribution in [0.4, 0.5) is 5.88 Å². The number of esters is 2. The number of benzene rings is 1. The van der Waals surface area contributed by atoms with E-state index >= 15 is 0 Å². The van der Waals surface area contributed by atoms with Gasteiger partial charge in [-0.25, -0.2) is 4.79 Å². The van der Waals surface area contributed by atoms with Crippen LogP contribution in [0.15, 0.2) is 33.6 Å². The van der Waals surface area contributed by atoms with E-state index in [1.165, 1.54) is 13.8 Å². The van der Waals surface area contributed by atoms with Gasteiger partial charge in [-0.2, -0.15) is 0 Å². The number of halogens is 1. The molecule has 8 nitrogen and oxygen atoms in total. The van der Waals surface area contributed by atoms with Gasteiger partial charge in [0, 0.05) is 16.3 Å². The third kappa shape index (κ3) is 7.42. The molecule has 172 valence electrons. The Morgan fingerprint density at radius 2 is 1.78 bits per heavy atom. The van der Waals surface area contributed by atoms with Crippen molar-refractivity contribution in [3.63, 3.8) is 0 Å². The lowest BCUT2D eigenvalue weighted by atomic mass is 10.1. The fraction of sp³-hybridized carbons (Fsp3) is 0.364. The van der Waals surface area contributed by atoms with Crippen LogP contribution in [0, 0.1) is 6.92 Å². The lowest BCUT2D eigenvalue weighted by Gasteiger charge is -2.07. The average Bonchev–Trinajstić information content (AvgIpc) is 3.07. The molecule has 0 aliphatic carbocycles. The standard InChI is InChI=1S/C22H24ClNO7S/c1-4-29-22(28)20-19(13(2)25)14(3)31-21(20)24-17(26)12-30-18(27)6-5-11-32-16-9-7-15(23)8-10-16/h7-10H,4-6,11-12H2,1-3H3,(H,24,26). The Kier molecular flexibility index (Phi) is 9.80. The molecule has 32 heavy (non-hydrogen) atoms. The van der Waals surface area contributed by atoms with E-state index in [0.29, 0.717) is 17.2 Å². The minimum absolute atomic E-state index is 0.0360. The summed E-state index contributed by atoms with van der Waals surface area (Å²) in [6, 6.07) is 7.39. The molecule has 1 N–H and O–H groups in total. The van der Waals surface area contributed by atoms with Crippen LogP contribution < -0.4 is 5.32 Å². The SMILES string of the molecule is CCOC(=O)c1c(NC(=O)COC(=O)CCCSc2ccc(Cl)cc2)oc(C)c1C(C)=O. The Labute approximate surface area is 195 Å². The van der Waals surface area contributed by atoms with Gasteiger partial charge in [0.2, 0.25) is 5.88 Å². The highest BCUT2D eigenvalue weighted by Crippen LogP contribution is 2.28. The molecule has 0 unspecified atom stereocenters. The van der Waals surface area contributed by atoms with Crippen LogP contribution in [-0.4, -0.2) is 42.6 Å². The lowest BCUT2D eigenvalue weighted by molar-refractivity contribution is -0.147. The number of rotatable bonds is 11. The first-order valence-electron chi connectivity index (χ1n) is 9.88. The Morgan fingerprint density at radius 3 is 2.41 bits per heavy atom. The number of amides is 1. The normalized spacial score (nSPS) is 10.5. The van der Waals surface area contributed by atoms with Crippen molar-refractivity contribution >= 4 is 52.9 Å². The molecular formula is C22H24ClNO7S. The second-order valence-corrected chi connectivity index (χ2v) is 8.23. The third-order valence-electron chi connectivity index (χ3n) is 4.14. The van der Waals surface area contributed by atoms with E-state index in [9.17, 15) is 19.2 Å².